The Morgan fingerprint density at radius 2 is 2.25 bits per heavy atom. The smallest absolute Gasteiger partial charge is 0.0881 e. The van der Waals surface area contributed by atoms with E-state index in [1.54, 1.807) is 6.20 Å². The molecule has 3 nitrogen and oxygen atoms in total. The summed E-state index contributed by atoms with van der Waals surface area (Å²) in [6.07, 6.45) is 1.64. The van der Waals surface area contributed by atoms with Gasteiger partial charge in [-0.25, -0.2) is 0 Å². The summed E-state index contributed by atoms with van der Waals surface area (Å²) in [5.74, 6) is 0. The van der Waals surface area contributed by atoms with E-state index in [1.807, 2.05) is 19.1 Å². The van der Waals surface area contributed by atoms with E-state index < -0.39 is 0 Å². The van der Waals surface area contributed by atoms with Crippen LogP contribution in [0.4, 0.5) is 11.4 Å². The van der Waals surface area contributed by atoms with Crippen molar-refractivity contribution in [1.82, 2.24) is 4.98 Å². The van der Waals surface area contributed by atoms with E-state index in [9.17, 15) is 0 Å². The number of aromatic nitrogens is 1. The normalized spacial score (nSPS) is 10.7. The third kappa shape index (κ3) is 1.83. The fourth-order valence-electron chi connectivity index (χ4n) is 1.62. The molecule has 0 radical (unpaired) electrons. The lowest BCUT2D eigenvalue weighted by molar-refractivity contribution is 1.21. The van der Waals surface area contributed by atoms with Crippen LogP contribution in [0, 0.1) is 0 Å². The van der Waals surface area contributed by atoms with Crippen LogP contribution in [0.15, 0.2) is 22.8 Å². The van der Waals surface area contributed by atoms with Crippen molar-refractivity contribution in [2.75, 3.05) is 17.6 Å². The highest BCUT2D eigenvalue weighted by Crippen LogP contribution is 2.36. The second-order valence-corrected chi connectivity index (χ2v) is 4.63. The number of anilines is 2. The molecule has 0 unspecified atom stereocenters. The van der Waals surface area contributed by atoms with Crippen LogP contribution in [-0.2, 0) is 0 Å². The molecule has 1 heterocycles. The summed E-state index contributed by atoms with van der Waals surface area (Å²) < 4.78 is 0.908. The van der Waals surface area contributed by atoms with Crippen molar-refractivity contribution in [2.24, 2.45) is 0 Å². The van der Waals surface area contributed by atoms with Gasteiger partial charge in [-0.05, 0) is 35.0 Å². The summed E-state index contributed by atoms with van der Waals surface area (Å²) in [7, 11) is 0. The average Bonchev–Trinajstić information content (AvgIpc) is 2.27. The molecule has 3 N–H and O–H groups in total. The SMILES string of the molecule is CCNc1c(N)cnc2c(Br)ccc(Cl)c12. The molecule has 2 rings (SSSR count). The van der Waals surface area contributed by atoms with Gasteiger partial charge in [0.1, 0.15) is 0 Å². The molecule has 1 aromatic carbocycles. The van der Waals surface area contributed by atoms with Crippen LogP contribution in [0.2, 0.25) is 5.02 Å². The number of benzene rings is 1. The number of nitrogen functional groups attached to an aromatic ring is 1. The molecule has 0 fully saturated rings. The number of rotatable bonds is 2. The van der Waals surface area contributed by atoms with Gasteiger partial charge in [0, 0.05) is 16.4 Å². The number of nitrogens with zero attached hydrogens (tertiary/aromatic N) is 1. The zero-order valence-corrected chi connectivity index (χ0v) is 11.1. The van der Waals surface area contributed by atoms with E-state index in [0.717, 1.165) is 27.6 Å². The molecule has 0 atom stereocenters. The van der Waals surface area contributed by atoms with Gasteiger partial charge < -0.3 is 11.1 Å². The third-order valence-electron chi connectivity index (χ3n) is 2.30. The van der Waals surface area contributed by atoms with E-state index in [2.05, 4.69) is 26.2 Å². The van der Waals surface area contributed by atoms with Gasteiger partial charge in [-0.3, -0.25) is 4.98 Å². The molecule has 0 amide bonds. The number of hydrogen-bond acceptors (Lipinski definition) is 3. The summed E-state index contributed by atoms with van der Waals surface area (Å²) in [6.45, 7) is 2.80. The number of nitrogens with two attached hydrogens (primary N) is 1. The molecule has 0 spiro atoms. The van der Waals surface area contributed by atoms with Gasteiger partial charge in [-0.15, -0.1) is 0 Å². The highest BCUT2D eigenvalue weighted by Gasteiger charge is 2.11. The van der Waals surface area contributed by atoms with Crippen LogP contribution in [0.25, 0.3) is 10.9 Å². The minimum atomic E-state index is 0.606. The Hall–Kier alpha value is -1.00. The predicted molar refractivity (Wildman–Crippen MR) is 73.0 cm³/mol. The fourth-order valence-corrected chi connectivity index (χ4v) is 2.30. The van der Waals surface area contributed by atoms with Gasteiger partial charge in [0.15, 0.2) is 0 Å². The summed E-state index contributed by atoms with van der Waals surface area (Å²) in [5.41, 5.74) is 8.16. The second kappa shape index (κ2) is 4.47. The van der Waals surface area contributed by atoms with Crippen LogP contribution >= 0.6 is 27.5 Å². The summed E-state index contributed by atoms with van der Waals surface area (Å²) >= 11 is 9.64. The summed E-state index contributed by atoms with van der Waals surface area (Å²) in [4.78, 5) is 4.29. The first-order chi connectivity index (χ1) is 7.65. The lowest BCUT2D eigenvalue weighted by Crippen LogP contribution is -2.03. The quantitative estimate of drug-likeness (QED) is 0.890. The van der Waals surface area contributed by atoms with Crippen molar-refractivity contribution in [3.63, 3.8) is 0 Å². The van der Waals surface area contributed by atoms with Crippen molar-refractivity contribution in [2.45, 2.75) is 6.92 Å². The predicted octanol–water partition coefficient (Wildman–Crippen LogP) is 3.66. The molecule has 2 aromatic rings. The number of hydrogen-bond donors (Lipinski definition) is 2. The Morgan fingerprint density at radius 1 is 1.50 bits per heavy atom. The molecule has 0 aliphatic rings. The lowest BCUT2D eigenvalue weighted by Gasteiger charge is -2.12. The van der Waals surface area contributed by atoms with Crippen LogP contribution in [-0.4, -0.2) is 11.5 Å². The fraction of sp³-hybridized carbons (Fsp3) is 0.182. The zero-order valence-electron chi connectivity index (χ0n) is 8.72. The van der Waals surface area contributed by atoms with Crippen LogP contribution < -0.4 is 11.1 Å². The third-order valence-corrected chi connectivity index (χ3v) is 3.26. The van der Waals surface area contributed by atoms with Crippen molar-refractivity contribution in [3.05, 3.63) is 27.8 Å². The highest BCUT2D eigenvalue weighted by molar-refractivity contribution is 9.10. The Kier molecular flexibility index (Phi) is 3.21. The van der Waals surface area contributed by atoms with Gasteiger partial charge >= 0.3 is 0 Å². The lowest BCUT2D eigenvalue weighted by atomic mass is 10.1. The van der Waals surface area contributed by atoms with Crippen molar-refractivity contribution in [3.8, 4) is 0 Å². The van der Waals surface area contributed by atoms with Crippen LogP contribution in [0.1, 0.15) is 6.92 Å². The van der Waals surface area contributed by atoms with E-state index in [-0.39, 0.29) is 0 Å². The molecule has 16 heavy (non-hydrogen) atoms. The van der Waals surface area contributed by atoms with Gasteiger partial charge in [0.05, 0.1) is 28.1 Å². The van der Waals surface area contributed by atoms with Gasteiger partial charge in [0.2, 0.25) is 0 Å². The number of pyridine rings is 1. The number of fused-ring (bicyclic) bond motifs is 1. The Morgan fingerprint density at radius 3 is 2.94 bits per heavy atom. The average molecular weight is 301 g/mol. The molecule has 0 saturated heterocycles. The maximum atomic E-state index is 6.19. The summed E-state index contributed by atoms with van der Waals surface area (Å²) in [6, 6.07) is 3.71. The van der Waals surface area contributed by atoms with E-state index in [0.29, 0.717) is 10.7 Å². The second-order valence-electron chi connectivity index (χ2n) is 3.37. The molecule has 5 heteroatoms. The van der Waals surface area contributed by atoms with E-state index >= 15 is 0 Å². The van der Waals surface area contributed by atoms with Gasteiger partial charge in [-0.2, -0.15) is 0 Å². The largest absolute Gasteiger partial charge is 0.396 e. The Labute approximate surface area is 107 Å². The topological polar surface area (TPSA) is 50.9 Å². The Bertz CT molecular complexity index is 542. The monoisotopic (exact) mass is 299 g/mol. The molecule has 0 bridgehead atoms. The van der Waals surface area contributed by atoms with Crippen molar-refractivity contribution < 1.29 is 0 Å². The number of nitrogens with one attached hydrogen (secondary N) is 1. The van der Waals surface area contributed by atoms with Crippen molar-refractivity contribution >= 4 is 49.8 Å². The van der Waals surface area contributed by atoms with E-state index in [4.69, 9.17) is 17.3 Å². The highest BCUT2D eigenvalue weighted by atomic mass is 79.9. The summed E-state index contributed by atoms with van der Waals surface area (Å²) in [5, 5.41) is 4.72. The van der Waals surface area contributed by atoms with Crippen molar-refractivity contribution in [1.29, 1.82) is 0 Å². The minimum absolute atomic E-state index is 0.606. The minimum Gasteiger partial charge on any atom is -0.396 e. The first kappa shape index (κ1) is 11.5. The molecule has 0 saturated carbocycles. The first-order valence-electron chi connectivity index (χ1n) is 4.91. The molecular weight excluding hydrogens is 289 g/mol. The molecular formula is C11H11BrClN3. The standard InChI is InChI=1S/C11H11BrClN3/c1-2-15-11-8(14)5-16-10-6(12)3-4-7(13)9(10)11/h3-5H,2,14H2,1H3,(H,15,16). The maximum Gasteiger partial charge on any atom is 0.0881 e. The van der Waals surface area contributed by atoms with Crippen LogP contribution in [0.5, 0.6) is 0 Å². The molecule has 0 aliphatic carbocycles. The zero-order chi connectivity index (χ0) is 11.7. The molecule has 1 aromatic heterocycles. The Balaban J connectivity index is 2.85. The number of halogens is 2. The molecule has 84 valence electrons. The van der Waals surface area contributed by atoms with Gasteiger partial charge in [0.25, 0.3) is 0 Å². The van der Waals surface area contributed by atoms with E-state index in [1.165, 1.54) is 0 Å². The molecule has 0 aliphatic heterocycles. The van der Waals surface area contributed by atoms with Crippen LogP contribution in [0.3, 0.4) is 0 Å². The maximum absolute atomic E-state index is 6.19. The van der Waals surface area contributed by atoms with Gasteiger partial charge in [-0.1, -0.05) is 11.6 Å². The first-order valence-corrected chi connectivity index (χ1v) is 6.08.